The predicted molar refractivity (Wildman–Crippen MR) is 38.8 cm³/mol. The Morgan fingerprint density at radius 1 is 1.45 bits per heavy atom. The highest BCUT2D eigenvalue weighted by atomic mass is 16.6. The maximum absolute atomic E-state index is 10.4. The summed E-state index contributed by atoms with van der Waals surface area (Å²) in [5.41, 5.74) is -1.53. The van der Waals surface area contributed by atoms with Crippen molar-refractivity contribution in [2.24, 2.45) is 0 Å². The van der Waals surface area contributed by atoms with Crippen molar-refractivity contribution in [1.29, 1.82) is 0 Å². The first-order valence-electron chi connectivity index (χ1n) is 3.49. The van der Waals surface area contributed by atoms with Gasteiger partial charge in [0.15, 0.2) is 0 Å². The fourth-order valence-corrected chi connectivity index (χ4v) is 0.880. The van der Waals surface area contributed by atoms with Crippen LogP contribution in [-0.2, 0) is 0 Å². The van der Waals surface area contributed by atoms with Crippen LogP contribution in [0.5, 0.6) is 0 Å². The van der Waals surface area contributed by atoms with Gasteiger partial charge in [0.1, 0.15) is 13.2 Å². The van der Waals surface area contributed by atoms with Gasteiger partial charge >= 0.3 is 0 Å². The van der Waals surface area contributed by atoms with E-state index in [1.807, 2.05) is 0 Å². The van der Waals surface area contributed by atoms with Crippen LogP contribution in [0.25, 0.3) is 0 Å². The average molecular weight is 163 g/mol. The first-order chi connectivity index (χ1) is 5.13. The third-order valence-electron chi connectivity index (χ3n) is 1.69. The predicted octanol–water partition coefficient (Wildman–Crippen LogP) is -0.213. The summed E-state index contributed by atoms with van der Waals surface area (Å²) in [6.07, 6.45) is 0.773. The quantitative estimate of drug-likeness (QED) is 0.433. The molecule has 0 aliphatic rings. The van der Waals surface area contributed by atoms with Crippen molar-refractivity contribution in [2.75, 3.05) is 13.2 Å². The van der Waals surface area contributed by atoms with Gasteiger partial charge < -0.3 is 10.2 Å². The summed E-state index contributed by atoms with van der Waals surface area (Å²) < 4.78 is 0. The Morgan fingerprint density at radius 2 is 1.91 bits per heavy atom. The lowest BCUT2D eigenvalue weighted by atomic mass is 9.97. The maximum Gasteiger partial charge on any atom is 0.267 e. The van der Waals surface area contributed by atoms with Gasteiger partial charge in [-0.05, 0) is 6.42 Å². The van der Waals surface area contributed by atoms with Crippen molar-refractivity contribution in [3.63, 3.8) is 0 Å². The van der Waals surface area contributed by atoms with Crippen LogP contribution in [0.15, 0.2) is 0 Å². The third kappa shape index (κ3) is 2.13. The molecule has 0 aromatic heterocycles. The highest BCUT2D eigenvalue weighted by Gasteiger charge is 2.40. The summed E-state index contributed by atoms with van der Waals surface area (Å²) in [5, 5.41) is 27.7. The van der Waals surface area contributed by atoms with E-state index < -0.39 is 23.7 Å². The number of rotatable bonds is 5. The molecule has 0 bridgehead atoms. The van der Waals surface area contributed by atoms with E-state index in [4.69, 9.17) is 10.2 Å². The van der Waals surface area contributed by atoms with Gasteiger partial charge in [0.25, 0.3) is 5.54 Å². The van der Waals surface area contributed by atoms with Crippen molar-refractivity contribution in [3.8, 4) is 0 Å². The fraction of sp³-hybridized carbons (Fsp3) is 1.00. The number of hydrogen-bond donors (Lipinski definition) is 2. The lowest BCUT2D eigenvalue weighted by molar-refractivity contribution is -0.578. The molecule has 0 aromatic rings. The maximum atomic E-state index is 10.4. The molecule has 0 spiro atoms. The molecule has 0 aliphatic heterocycles. The minimum Gasteiger partial charge on any atom is -0.389 e. The van der Waals surface area contributed by atoms with Gasteiger partial charge in [-0.15, -0.1) is 0 Å². The summed E-state index contributed by atoms with van der Waals surface area (Å²) in [6.45, 7) is 0.554. The van der Waals surface area contributed by atoms with E-state index in [1.165, 1.54) is 0 Å². The van der Waals surface area contributed by atoms with Crippen LogP contribution in [0.4, 0.5) is 0 Å². The van der Waals surface area contributed by atoms with Gasteiger partial charge in [0.2, 0.25) is 0 Å². The molecular formula is C6H13NO4. The summed E-state index contributed by atoms with van der Waals surface area (Å²) in [5.74, 6) is 0. The number of aliphatic hydroxyl groups excluding tert-OH is 2. The van der Waals surface area contributed by atoms with E-state index >= 15 is 0 Å². The number of nitrogens with zero attached hydrogens (tertiary/aromatic N) is 1. The molecule has 0 radical (unpaired) electrons. The van der Waals surface area contributed by atoms with Crippen LogP contribution in [0.3, 0.4) is 0 Å². The van der Waals surface area contributed by atoms with E-state index in [-0.39, 0.29) is 6.42 Å². The number of nitro groups is 1. The summed E-state index contributed by atoms with van der Waals surface area (Å²) >= 11 is 0. The van der Waals surface area contributed by atoms with Crippen molar-refractivity contribution in [1.82, 2.24) is 0 Å². The minimum absolute atomic E-state index is 0.201. The molecule has 0 amide bonds. The van der Waals surface area contributed by atoms with E-state index in [2.05, 4.69) is 0 Å². The van der Waals surface area contributed by atoms with Crippen molar-refractivity contribution < 1.29 is 15.1 Å². The molecule has 0 rings (SSSR count). The number of aliphatic hydroxyl groups is 2. The Morgan fingerprint density at radius 3 is 2.00 bits per heavy atom. The highest BCUT2D eigenvalue weighted by Crippen LogP contribution is 2.15. The summed E-state index contributed by atoms with van der Waals surface area (Å²) in [4.78, 5) is 9.74. The van der Waals surface area contributed by atoms with Gasteiger partial charge in [-0.3, -0.25) is 10.1 Å². The van der Waals surface area contributed by atoms with Crippen LogP contribution >= 0.6 is 0 Å². The SMILES string of the molecule is CCCC(CO)(CO)[N+](=O)[O-]. The Bertz CT molecular complexity index is 133. The minimum atomic E-state index is -1.53. The normalized spacial score (nSPS) is 11.5. The molecule has 0 atom stereocenters. The topological polar surface area (TPSA) is 83.6 Å². The zero-order chi connectivity index (χ0) is 8.91. The molecule has 0 unspecified atom stereocenters. The van der Waals surface area contributed by atoms with E-state index in [0.717, 1.165) is 0 Å². The second-order valence-electron chi connectivity index (χ2n) is 2.55. The monoisotopic (exact) mass is 163 g/mol. The zero-order valence-electron chi connectivity index (χ0n) is 6.49. The van der Waals surface area contributed by atoms with Crippen molar-refractivity contribution >= 4 is 0 Å². The summed E-state index contributed by atoms with van der Waals surface area (Å²) in [7, 11) is 0. The van der Waals surface area contributed by atoms with Crippen LogP contribution in [0, 0.1) is 10.1 Å². The Hall–Kier alpha value is -0.680. The molecule has 0 aliphatic carbocycles. The molecule has 66 valence electrons. The Labute approximate surface area is 64.8 Å². The van der Waals surface area contributed by atoms with Crippen LogP contribution in [0.2, 0.25) is 0 Å². The van der Waals surface area contributed by atoms with Crippen molar-refractivity contribution in [3.05, 3.63) is 10.1 Å². The number of hydrogen-bond acceptors (Lipinski definition) is 4. The fourth-order valence-electron chi connectivity index (χ4n) is 0.880. The molecule has 0 aromatic carbocycles. The van der Waals surface area contributed by atoms with Gasteiger partial charge in [-0.2, -0.15) is 0 Å². The van der Waals surface area contributed by atoms with E-state index in [9.17, 15) is 10.1 Å². The van der Waals surface area contributed by atoms with Gasteiger partial charge in [0.05, 0.1) is 0 Å². The molecule has 0 fully saturated rings. The molecule has 0 saturated carbocycles. The molecule has 0 saturated heterocycles. The standard InChI is InChI=1S/C6H13NO4/c1-2-3-6(4-8,5-9)7(10)11/h8-9H,2-5H2,1H3. The van der Waals surface area contributed by atoms with Crippen molar-refractivity contribution in [2.45, 2.75) is 25.3 Å². The Balaban J connectivity index is 4.32. The lowest BCUT2D eigenvalue weighted by Crippen LogP contribution is -2.45. The zero-order valence-corrected chi connectivity index (χ0v) is 6.49. The molecule has 11 heavy (non-hydrogen) atoms. The van der Waals surface area contributed by atoms with E-state index in [0.29, 0.717) is 6.42 Å². The Kier molecular flexibility index (Phi) is 3.99. The van der Waals surface area contributed by atoms with Crippen LogP contribution in [-0.4, -0.2) is 33.9 Å². The molecule has 0 heterocycles. The molecular weight excluding hydrogens is 150 g/mol. The van der Waals surface area contributed by atoms with Gasteiger partial charge in [-0.25, -0.2) is 0 Å². The smallest absolute Gasteiger partial charge is 0.267 e. The van der Waals surface area contributed by atoms with Gasteiger partial charge in [-0.1, -0.05) is 6.92 Å². The highest BCUT2D eigenvalue weighted by molar-refractivity contribution is 4.76. The second-order valence-corrected chi connectivity index (χ2v) is 2.55. The largest absolute Gasteiger partial charge is 0.389 e. The third-order valence-corrected chi connectivity index (χ3v) is 1.69. The molecule has 5 nitrogen and oxygen atoms in total. The first kappa shape index (κ1) is 10.3. The van der Waals surface area contributed by atoms with Crippen LogP contribution < -0.4 is 0 Å². The van der Waals surface area contributed by atoms with Gasteiger partial charge in [0, 0.05) is 11.3 Å². The lowest BCUT2D eigenvalue weighted by Gasteiger charge is -2.19. The first-order valence-corrected chi connectivity index (χ1v) is 3.49. The van der Waals surface area contributed by atoms with E-state index in [1.54, 1.807) is 6.92 Å². The molecule has 5 heteroatoms. The summed E-state index contributed by atoms with van der Waals surface area (Å²) in [6, 6.07) is 0. The molecule has 2 N–H and O–H groups in total. The second kappa shape index (κ2) is 4.25. The average Bonchev–Trinajstić information content (AvgIpc) is 2.00. The van der Waals surface area contributed by atoms with Crippen LogP contribution in [0.1, 0.15) is 19.8 Å².